The largest absolute Gasteiger partial charge is 0.276 e. The standard InChI is InChI=1S/C6H16N2O2S/c1-4-5-6(2)8(3)11(7,9)10/h6H,4-5H2,1-3H3,(H2,7,9,10). The van der Waals surface area contributed by atoms with E-state index in [2.05, 4.69) is 0 Å². The molecule has 0 amide bonds. The Morgan fingerprint density at radius 3 is 2.27 bits per heavy atom. The van der Waals surface area contributed by atoms with Gasteiger partial charge in [-0.05, 0) is 13.3 Å². The summed E-state index contributed by atoms with van der Waals surface area (Å²) in [6, 6.07) is -0.00463. The third-order valence-electron chi connectivity index (χ3n) is 1.73. The summed E-state index contributed by atoms with van der Waals surface area (Å²) < 4.78 is 22.7. The average molecular weight is 180 g/mol. The predicted molar refractivity (Wildman–Crippen MR) is 45.2 cm³/mol. The van der Waals surface area contributed by atoms with Crippen molar-refractivity contribution in [2.75, 3.05) is 7.05 Å². The van der Waals surface area contributed by atoms with E-state index >= 15 is 0 Å². The van der Waals surface area contributed by atoms with Crippen LogP contribution in [0.1, 0.15) is 26.7 Å². The fourth-order valence-corrected chi connectivity index (χ4v) is 1.46. The van der Waals surface area contributed by atoms with Crippen LogP contribution in [0.25, 0.3) is 0 Å². The normalized spacial score (nSPS) is 15.4. The Morgan fingerprint density at radius 2 is 2.00 bits per heavy atom. The van der Waals surface area contributed by atoms with Crippen molar-refractivity contribution >= 4 is 10.2 Å². The van der Waals surface area contributed by atoms with Gasteiger partial charge in [0.15, 0.2) is 0 Å². The molecule has 5 heteroatoms. The van der Waals surface area contributed by atoms with E-state index in [1.165, 1.54) is 11.4 Å². The first-order valence-corrected chi connectivity index (χ1v) is 5.15. The van der Waals surface area contributed by atoms with Crippen LogP contribution in [0.15, 0.2) is 0 Å². The molecule has 0 aromatic rings. The minimum atomic E-state index is -3.49. The number of nitrogens with two attached hydrogens (primary N) is 1. The van der Waals surface area contributed by atoms with Crippen molar-refractivity contribution in [1.29, 1.82) is 0 Å². The molecule has 68 valence electrons. The van der Waals surface area contributed by atoms with Gasteiger partial charge in [-0.3, -0.25) is 0 Å². The van der Waals surface area contributed by atoms with E-state index in [1.54, 1.807) is 0 Å². The minimum absolute atomic E-state index is 0.00463. The van der Waals surface area contributed by atoms with E-state index in [0.29, 0.717) is 0 Å². The van der Waals surface area contributed by atoms with Gasteiger partial charge in [-0.1, -0.05) is 13.3 Å². The number of nitrogens with zero attached hydrogens (tertiary/aromatic N) is 1. The van der Waals surface area contributed by atoms with Gasteiger partial charge in [0.2, 0.25) is 0 Å². The highest BCUT2D eigenvalue weighted by Gasteiger charge is 2.17. The second-order valence-electron chi connectivity index (χ2n) is 2.70. The highest BCUT2D eigenvalue weighted by atomic mass is 32.2. The summed E-state index contributed by atoms with van der Waals surface area (Å²) >= 11 is 0. The van der Waals surface area contributed by atoms with Crippen molar-refractivity contribution in [1.82, 2.24) is 4.31 Å². The fraction of sp³-hybridized carbons (Fsp3) is 1.00. The molecule has 0 rings (SSSR count). The first kappa shape index (κ1) is 10.9. The van der Waals surface area contributed by atoms with Crippen molar-refractivity contribution in [2.45, 2.75) is 32.7 Å². The number of hydrogen-bond acceptors (Lipinski definition) is 2. The van der Waals surface area contributed by atoms with Crippen LogP contribution in [0.2, 0.25) is 0 Å². The smallest absolute Gasteiger partial charge is 0.216 e. The lowest BCUT2D eigenvalue weighted by Gasteiger charge is -2.20. The van der Waals surface area contributed by atoms with Crippen molar-refractivity contribution in [3.63, 3.8) is 0 Å². The highest BCUT2D eigenvalue weighted by Crippen LogP contribution is 2.05. The second kappa shape index (κ2) is 4.04. The zero-order chi connectivity index (χ0) is 9.07. The number of rotatable bonds is 4. The molecular weight excluding hydrogens is 164 g/mol. The molecule has 1 unspecified atom stereocenters. The van der Waals surface area contributed by atoms with Crippen LogP contribution >= 0.6 is 0 Å². The molecule has 0 saturated carbocycles. The van der Waals surface area contributed by atoms with Crippen molar-refractivity contribution in [2.24, 2.45) is 5.14 Å². The number of hydrogen-bond donors (Lipinski definition) is 1. The van der Waals surface area contributed by atoms with E-state index in [9.17, 15) is 8.42 Å². The van der Waals surface area contributed by atoms with Crippen molar-refractivity contribution < 1.29 is 8.42 Å². The first-order valence-electron chi connectivity index (χ1n) is 3.65. The molecule has 0 aromatic carbocycles. The summed E-state index contributed by atoms with van der Waals surface area (Å²) in [6.45, 7) is 3.85. The topological polar surface area (TPSA) is 63.4 Å². The quantitative estimate of drug-likeness (QED) is 0.676. The van der Waals surface area contributed by atoms with Crippen LogP contribution in [-0.2, 0) is 10.2 Å². The molecule has 0 bridgehead atoms. The predicted octanol–water partition coefficient (Wildman–Crippen LogP) is 0.310. The zero-order valence-electron chi connectivity index (χ0n) is 7.24. The van der Waals surface area contributed by atoms with Gasteiger partial charge in [0, 0.05) is 13.1 Å². The highest BCUT2D eigenvalue weighted by molar-refractivity contribution is 7.86. The molecule has 0 heterocycles. The lowest BCUT2D eigenvalue weighted by atomic mass is 10.2. The van der Waals surface area contributed by atoms with E-state index < -0.39 is 10.2 Å². The Bertz CT molecular complexity index is 201. The summed E-state index contributed by atoms with van der Waals surface area (Å²) in [7, 11) is -2.00. The van der Waals surface area contributed by atoms with Crippen LogP contribution in [0.4, 0.5) is 0 Å². The molecule has 0 aliphatic carbocycles. The van der Waals surface area contributed by atoms with Crippen LogP contribution in [0.5, 0.6) is 0 Å². The summed E-state index contributed by atoms with van der Waals surface area (Å²) in [5.74, 6) is 0. The minimum Gasteiger partial charge on any atom is -0.216 e. The van der Waals surface area contributed by atoms with E-state index in [-0.39, 0.29) is 6.04 Å². The molecule has 0 fully saturated rings. The van der Waals surface area contributed by atoms with Crippen LogP contribution in [-0.4, -0.2) is 25.8 Å². The Balaban J connectivity index is 4.14. The summed E-state index contributed by atoms with van der Waals surface area (Å²) in [4.78, 5) is 0. The van der Waals surface area contributed by atoms with Gasteiger partial charge in [0.25, 0.3) is 10.2 Å². The van der Waals surface area contributed by atoms with E-state index in [1.807, 2.05) is 13.8 Å². The molecular formula is C6H16N2O2S. The zero-order valence-corrected chi connectivity index (χ0v) is 8.06. The molecule has 0 aromatic heterocycles. The Morgan fingerprint density at radius 1 is 1.55 bits per heavy atom. The Labute approximate surface area is 68.6 Å². The van der Waals surface area contributed by atoms with Gasteiger partial charge < -0.3 is 0 Å². The maximum absolute atomic E-state index is 10.8. The summed E-state index contributed by atoms with van der Waals surface area (Å²) in [6.07, 6.45) is 1.80. The third-order valence-corrected chi connectivity index (χ3v) is 2.89. The maximum atomic E-state index is 10.8. The SMILES string of the molecule is CCCC(C)N(C)S(N)(=O)=O. The monoisotopic (exact) mass is 180 g/mol. The van der Waals surface area contributed by atoms with Gasteiger partial charge in [-0.15, -0.1) is 0 Å². The summed E-state index contributed by atoms with van der Waals surface area (Å²) in [5, 5.41) is 4.91. The summed E-state index contributed by atoms with van der Waals surface area (Å²) in [5.41, 5.74) is 0. The molecule has 0 spiro atoms. The molecule has 0 aliphatic heterocycles. The molecule has 11 heavy (non-hydrogen) atoms. The molecule has 1 atom stereocenters. The first-order chi connectivity index (χ1) is 4.89. The van der Waals surface area contributed by atoms with E-state index in [4.69, 9.17) is 5.14 Å². The van der Waals surface area contributed by atoms with Crippen LogP contribution in [0, 0.1) is 0 Å². The molecule has 0 saturated heterocycles. The van der Waals surface area contributed by atoms with Gasteiger partial charge >= 0.3 is 0 Å². The Kier molecular flexibility index (Phi) is 3.99. The molecule has 4 nitrogen and oxygen atoms in total. The van der Waals surface area contributed by atoms with Crippen molar-refractivity contribution in [3.8, 4) is 0 Å². The van der Waals surface area contributed by atoms with Crippen molar-refractivity contribution in [3.05, 3.63) is 0 Å². The van der Waals surface area contributed by atoms with Gasteiger partial charge in [-0.2, -0.15) is 12.7 Å². The molecule has 0 aliphatic rings. The third kappa shape index (κ3) is 3.69. The van der Waals surface area contributed by atoms with Crippen LogP contribution < -0.4 is 5.14 Å². The van der Waals surface area contributed by atoms with E-state index in [0.717, 1.165) is 12.8 Å². The molecule has 2 N–H and O–H groups in total. The van der Waals surface area contributed by atoms with Gasteiger partial charge in [0.05, 0.1) is 0 Å². The van der Waals surface area contributed by atoms with Gasteiger partial charge in [0.1, 0.15) is 0 Å². The average Bonchev–Trinajstić information content (AvgIpc) is 1.85. The lowest BCUT2D eigenvalue weighted by molar-refractivity contribution is 0.369. The molecule has 0 radical (unpaired) electrons. The fourth-order valence-electron chi connectivity index (χ4n) is 0.850. The van der Waals surface area contributed by atoms with Crippen LogP contribution in [0.3, 0.4) is 0 Å². The maximum Gasteiger partial charge on any atom is 0.276 e. The second-order valence-corrected chi connectivity index (χ2v) is 4.30. The van der Waals surface area contributed by atoms with Gasteiger partial charge in [-0.25, -0.2) is 5.14 Å². The lowest BCUT2D eigenvalue weighted by Crippen LogP contribution is -2.39. The Hall–Kier alpha value is -0.130.